The number of amides is 1. The van der Waals surface area contributed by atoms with Gasteiger partial charge < -0.3 is 10.6 Å². The van der Waals surface area contributed by atoms with Gasteiger partial charge in [0.15, 0.2) is 0 Å². The zero-order valence-corrected chi connectivity index (χ0v) is 11.4. The first-order valence-electron chi connectivity index (χ1n) is 5.38. The molecule has 3 nitrogen and oxygen atoms in total. The average Bonchev–Trinajstić information content (AvgIpc) is 2.28. The van der Waals surface area contributed by atoms with Crippen molar-refractivity contribution >= 4 is 29.9 Å². The summed E-state index contributed by atoms with van der Waals surface area (Å²) in [5.41, 5.74) is 0.871. The van der Waals surface area contributed by atoms with Crippen LogP contribution in [0.1, 0.15) is 12.0 Å². The maximum atomic E-state index is 11.5. The van der Waals surface area contributed by atoms with Crippen LogP contribution in [0, 0.1) is 0 Å². The number of rotatable bonds is 6. The SMILES string of the molecule is CNCCCNC(=O)Cc1ccccc1Cl.Cl. The lowest BCUT2D eigenvalue weighted by molar-refractivity contribution is -0.120. The summed E-state index contributed by atoms with van der Waals surface area (Å²) in [5, 5.41) is 6.53. The lowest BCUT2D eigenvalue weighted by Gasteiger charge is -2.06. The van der Waals surface area contributed by atoms with Crippen LogP contribution in [0.15, 0.2) is 24.3 Å². The molecular formula is C12H18Cl2N2O. The number of halogens is 2. The summed E-state index contributed by atoms with van der Waals surface area (Å²) in [6, 6.07) is 7.41. The molecule has 0 saturated carbocycles. The van der Waals surface area contributed by atoms with E-state index in [0.717, 1.165) is 18.5 Å². The predicted octanol–water partition coefficient (Wildman–Crippen LogP) is 2.03. The van der Waals surface area contributed by atoms with Gasteiger partial charge in [0, 0.05) is 11.6 Å². The lowest BCUT2D eigenvalue weighted by atomic mass is 10.1. The lowest BCUT2D eigenvalue weighted by Crippen LogP contribution is -2.28. The molecule has 0 spiro atoms. The monoisotopic (exact) mass is 276 g/mol. The van der Waals surface area contributed by atoms with Crippen LogP contribution < -0.4 is 10.6 Å². The van der Waals surface area contributed by atoms with E-state index in [1.54, 1.807) is 6.07 Å². The Labute approximate surface area is 113 Å². The van der Waals surface area contributed by atoms with Crippen molar-refractivity contribution in [1.29, 1.82) is 0 Å². The highest BCUT2D eigenvalue weighted by atomic mass is 35.5. The summed E-state index contributed by atoms with van der Waals surface area (Å²) in [6.45, 7) is 1.61. The number of hydrogen-bond donors (Lipinski definition) is 2. The van der Waals surface area contributed by atoms with Gasteiger partial charge in [0.2, 0.25) is 5.91 Å². The van der Waals surface area contributed by atoms with Gasteiger partial charge in [-0.15, -0.1) is 12.4 Å². The molecule has 0 aromatic heterocycles. The summed E-state index contributed by atoms with van der Waals surface area (Å²) in [4.78, 5) is 11.5. The van der Waals surface area contributed by atoms with E-state index in [-0.39, 0.29) is 18.3 Å². The van der Waals surface area contributed by atoms with E-state index in [4.69, 9.17) is 11.6 Å². The van der Waals surface area contributed by atoms with Gasteiger partial charge >= 0.3 is 0 Å². The summed E-state index contributed by atoms with van der Waals surface area (Å²) < 4.78 is 0. The number of nitrogens with one attached hydrogen (secondary N) is 2. The Morgan fingerprint density at radius 2 is 2.00 bits per heavy atom. The van der Waals surface area contributed by atoms with Gasteiger partial charge in [0.05, 0.1) is 6.42 Å². The Morgan fingerprint density at radius 3 is 2.65 bits per heavy atom. The average molecular weight is 277 g/mol. The van der Waals surface area contributed by atoms with Crippen molar-refractivity contribution in [2.24, 2.45) is 0 Å². The Morgan fingerprint density at radius 1 is 1.29 bits per heavy atom. The molecule has 1 aromatic carbocycles. The maximum Gasteiger partial charge on any atom is 0.224 e. The molecule has 96 valence electrons. The van der Waals surface area contributed by atoms with Gasteiger partial charge in [0.1, 0.15) is 0 Å². The molecule has 0 bridgehead atoms. The number of benzene rings is 1. The van der Waals surface area contributed by atoms with Crippen LogP contribution in [0.2, 0.25) is 5.02 Å². The van der Waals surface area contributed by atoms with Gasteiger partial charge in [0.25, 0.3) is 0 Å². The fourth-order valence-corrected chi connectivity index (χ4v) is 1.57. The first kappa shape index (κ1) is 16.2. The van der Waals surface area contributed by atoms with Crippen LogP contribution in [0.3, 0.4) is 0 Å². The van der Waals surface area contributed by atoms with Crippen molar-refractivity contribution in [3.8, 4) is 0 Å². The summed E-state index contributed by atoms with van der Waals surface area (Å²) in [6.07, 6.45) is 1.28. The molecule has 0 aliphatic rings. The zero-order valence-electron chi connectivity index (χ0n) is 9.83. The molecule has 1 rings (SSSR count). The van der Waals surface area contributed by atoms with E-state index in [1.165, 1.54) is 0 Å². The van der Waals surface area contributed by atoms with Crippen molar-refractivity contribution in [2.45, 2.75) is 12.8 Å². The molecule has 17 heavy (non-hydrogen) atoms. The van der Waals surface area contributed by atoms with Crippen LogP contribution in [0.4, 0.5) is 0 Å². The standard InChI is InChI=1S/C12H17ClN2O.ClH/c1-14-7-4-8-15-12(16)9-10-5-2-3-6-11(10)13;/h2-3,5-6,14H,4,7-9H2,1H3,(H,15,16);1H. The number of hydrogen-bond acceptors (Lipinski definition) is 2. The summed E-state index contributed by atoms with van der Waals surface area (Å²) in [5.74, 6) is 0.0178. The first-order valence-corrected chi connectivity index (χ1v) is 5.76. The van der Waals surface area contributed by atoms with E-state index in [2.05, 4.69) is 10.6 Å². The first-order chi connectivity index (χ1) is 7.74. The van der Waals surface area contributed by atoms with Gasteiger partial charge in [-0.1, -0.05) is 29.8 Å². The van der Waals surface area contributed by atoms with E-state index >= 15 is 0 Å². The molecule has 1 aromatic rings. The van der Waals surface area contributed by atoms with Crippen molar-refractivity contribution in [2.75, 3.05) is 20.1 Å². The third kappa shape index (κ3) is 6.51. The van der Waals surface area contributed by atoms with Crippen molar-refractivity contribution in [3.63, 3.8) is 0 Å². The predicted molar refractivity (Wildman–Crippen MR) is 74.0 cm³/mol. The fraction of sp³-hybridized carbons (Fsp3) is 0.417. The highest BCUT2D eigenvalue weighted by Gasteiger charge is 2.05. The van der Waals surface area contributed by atoms with Crippen molar-refractivity contribution in [3.05, 3.63) is 34.9 Å². The van der Waals surface area contributed by atoms with Crippen LogP contribution in [-0.4, -0.2) is 26.0 Å². The normalized spacial score (nSPS) is 9.53. The van der Waals surface area contributed by atoms with Crippen molar-refractivity contribution < 1.29 is 4.79 Å². The smallest absolute Gasteiger partial charge is 0.224 e. The Hall–Kier alpha value is -0.770. The largest absolute Gasteiger partial charge is 0.356 e. The van der Waals surface area contributed by atoms with E-state index in [1.807, 2.05) is 25.2 Å². The van der Waals surface area contributed by atoms with Crippen LogP contribution >= 0.6 is 24.0 Å². The second-order valence-electron chi connectivity index (χ2n) is 3.58. The molecule has 0 atom stereocenters. The molecule has 0 heterocycles. The van der Waals surface area contributed by atoms with Gasteiger partial charge in [-0.2, -0.15) is 0 Å². The van der Waals surface area contributed by atoms with Gasteiger partial charge in [-0.3, -0.25) is 4.79 Å². The van der Waals surface area contributed by atoms with Crippen LogP contribution in [0.25, 0.3) is 0 Å². The second-order valence-corrected chi connectivity index (χ2v) is 3.98. The molecule has 0 fully saturated rings. The molecule has 0 saturated heterocycles. The maximum absolute atomic E-state index is 11.5. The minimum absolute atomic E-state index is 0. The van der Waals surface area contributed by atoms with Gasteiger partial charge in [-0.05, 0) is 31.6 Å². The molecular weight excluding hydrogens is 259 g/mol. The van der Waals surface area contributed by atoms with Gasteiger partial charge in [-0.25, -0.2) is 0 Å². The highest BCUT2D eigenvalue weighted by molar-refractivity contribution is 6.31. The third-order valence-corrected chi connectivity index (χ3v) is 2.60. The Kier molecular flexibility index (Phi) is 8.86. The molecule has 0 unspecified atom stereocenters. The number of carbonyl (C=O) groups is 1. The van der Waals surface area contributed by atoms with Crippen LogP contribution in [-0.2, 0) is 11.2 Å². The molecule has 0 aliphatic heterocycles. The molecule has 0 radical (unpaired) electrons. The van der Waals surface area contributed by atoms with E-state index in [9.17, 15) is 4.79 Å². The molecule has 2 N–H and O–H groups in total. The highest BCUT2D eigenvalue weighted by Crippen LogP contribution is 2.14. The topological polar surface area (TPSA) is 41.1 Å². The summed E-state index contributed by atoms with van der Waals surface area (Å²) >= 11 is 5.96. The zero-order chi connectivity index (χ0) is 11.8. The number of carbonyl (C=O) groups excluding carboxylic acids is 1. The minimum Gasteiger partial charge on any atom is -0.356 e. The third-order valence-electron chi connectivity index (χ3n) is 2.23. The minimum atomic E-state index is 0. The van der Waals surface area contributed by atoms with E-state index < -0.39 is 0 Å². The van der Waals surface area contributed by atoms with Crippen molar-refractivity contribution in [1.82, 2.24) is 10.6 Å². The molecule has 0 aliphatic carbocycles. The Bertz CT molecular complexity index is 345. The molecule has 1 amide bonds. The Balaban J connectivity index is 0.00000256. The molecule has 5 heteroatoms. The second kappa shape index (κ2) is 9.28. The van der Waals surface area contributed by atoms with Crippen LogP contribution in [0.5, 0.6) is 0 Å². The quantitative estimate of drug-likeness (QED) is 0.781. The van der Waals surface area contributed by atoms with E-state index in [0.29, 0.717) is 18.0 Å². The summed E-state index contributed by atoms with van der Waals surface area (Å²) in [7, 11) is 1.89. The fourth-order valence-electron chi connectivity index (χ4n) is 1.37.